The second-order valence-corrected chi connectivity index (χ2v) is 9.31. The molecule has 2 heterocycles. The maximum absolute atomic E-state index is 11.9. The van der Waals surface area contributed by atoms with Gasteiger partial charge in [-0.25, -0.2) is 13.1 Å². The molecule has 1 saturated heterocycles. The van der Waals surface area contributed by atoms with Crippen LogP contribution < -0.4 is 4.72 Å². The van der Waals surface area contributed by atoms with Gasteiger partial charge in [-0.2, -0.15) is 5.10 Å². The third-order valence-electron chi connectivity index (χ3n) is 4.44. The van der Waals surface area contributed by atoms with Crippen LogP contribution in [0.15, 0.2) is 34.9 Å². The third-order valence-corrected chi connectivity index (χ3v) is 5.57. The van der Waals surface area contributed by atoms with Crippen LogP contribution in [0.4, 0.5) is 0 Å². The molecule has 1 fully saturated rings. The van der Waals surface area contributed by atoms with Crippen LogP contribution in [0, 0.1) is 0 Å². The molecule has 3 rings (SSSR count). The maximum atomic E-state index is 11.9. The van der Waals surface area contributed by atoms with Gasteiger partial charge in [0.2, 0.25) is 15.9 Å². The largest absolute Gasteiger partial charge is 0.381 e. The van der Waals surface area contributed by atoms with Crippen LogP contribution >= 0.6 is 15.9 Å². The number of aromatic nitrogens is 2. The van der Waals surface area contributed by atoms with Gasteiger partial charge in [0, 0.05) is 36.2 Å². The van der Waals surface area contributed by atoms with Crippen LogP contribution in [0.2, 0.25) is 0 Å². The van der Waals surface area contributed by atoms with Crippen molar-refractivity contribution >= 4 is 31.9 Å². The standard InChI is InChI=1S/C18H22BrN3O4S/c1-27(24,25)21-17(23)7-2-14-12-22(16-5-3-15(19)4-6-16)20-18(14)13-8-10-26-11-9-13/h3-6,12-13H,2,7-11H2,1H3,(H,21,23). The van der Waals surface area contributed by atoms with Crippen molar-refractivity contribution in [2.24, 2.45) is 0 Å². The Hall–Kier alpha value is -1.71. The number of aryl methyl sites for hydroxylation is 1. The summed E-state index contributed by atoms with van der Waals surface area (Å²) in [4.78, 5) is 11.9. The number of rotatable bonds is 6. The van der Waals surface area contributed by atoms with Crippen molar-refractivity contribution in [3.63, 3.8) is 0 Å². The minimum Gasteiger partial charge on any atom is -0.381 e. The van der Waals surface area contributed by atoms with Gasteiger partial charge in [-0.3, -0.25) is 9.52 Å². The summed E-state index contributed by atoms with van der Waals surface area (Å²) in [5, 5.41) is 4.78. The SMILES string of the molecule is CS(=O)(=O)NC(=O)CCc1cn(-c2ccc(Br)cc2)nc1C1CCOCC1. The number of carbonyl (C=O) groups excluding carboxylic acids is 1. The van der Waals surface area contributed by atoms with Gasteiger partial charge in [0.25, 0.3) is 0 Å². The van der Waals surface area contributed by atoms with E-state index in [1.807, 2.05) is 39.9 Å². The maximum Gasteiger partial charge on any atom is 0.233 e. The first kappa shape index (κ1) is 20.0. The molecule has 0 aliphatic carbocycles. The lowest BCUT2D eigenvalue weighted by Crippen LogP contribution is -2.29. The number of carbonyl (C=O) groups is 1. The van der Waals surface area contributed by atoms with E-state index in [0.717, 1.165) is 40.5 Å². The van der Waals surface area contributed by atoms with Gasteiger partial charge in [-0.15, -0.1) is 0 Å². The van der Waals surface area contributed by atoms with Crippen molar-refractivity contribution in [2.45, 2.75) is 31.6 Å². The van der Waals surface area contributed by atoms with Crippen molar-refractivity contribution in [2.75, 3.05) is 19.5 Å². The smallest absolute Gasteiger partial charge is 0.233 e. The van der Waals surface area contributed by atoms with Gasteiger partial charge in [0.05, 0.1) is 17.6 Å². The lowest BCUT2D eigenvalue weighted by atomic mass is 9.92. The van der Waals surface area contributed by atoms with E-state index in [1.54, 1.807) is 0 Å². The summed E-state index contributed by atoms with van der Waals surface area (Å²) in [6.07, 6.45) is 5.21. The summed E-state index contributed by atoms with van der Waals surface area (Å²) in [6.45, 7) is 1.40. The van der Waals surface area contributed by atoms with Crippen molar-refractivity contribution < 1.29 is 17.9 Å². The van der Waals surface area contributed by atoms with E-state index in [0.29, 0.717) is 19.6 Å². The van der Waals surface area contributed by atoms with E-state index >= 15 is 0 Å². The van der Waals surface area contributed by atoms with Crippen LogP contribution in [-0.2, 0) is 26.0 Å². The fraction of sp³-hybridized carbons (Fsp3) is 0.444. The Morgan fingerprint density at radius 1 is 1.30 bits per heavy atom. The zero-order valence-corrected chi connectivity index (χ0v) is 17.4. The van der Waals surface area contributed by atoms with E-state index in [-0.39, 0.29) is 12.3 Å². The summed E-state index contributed by atoms with van der Waals surface area (Å²) < 4.78 is 32.7. The van der Waals surface area contributed by atoms with Crippen molar-refractivity contribution in [3.05, 3.63) is 46.2 Å². The molecule has 0 unspecified atom stereocenters. The molecule has 146 valence electrons. The number of nitrogens with one attached hydrogen (secondary N) is 1. The second-order valence-electron chi connectivity index (χ2n) is 6.64. The van der Waals surface area contributed by atoms with Crippen LogP contribution in [-0.4, -0.2) is 43.6 Å². The highest BCUT2D eigenvalue weighted by molar-refractivity contribution is 9.10. The molecule has 27 heavy (non-hydrogen) atoms. The number of hydrogen-bond donors (Lipinski definition) is 1. The molecule has 0 bridgehead atoms. The first-order valence-electron chi connectivity index (χ1n) is 8.74. The number of benzene rings is 1. The highest BCUT2D eigenvalue weighted by Crippen LogP contribution is 2.30. The van der Waals surface area contributed by atoms with E-state index in [9.17, 15) is 13.2 Å². The Morgan fingerprint density at radius 2 is 1.96 bits per heavy atom. The first-order chi connectivity index (χ1) is 12.8. The minimum atomic E-state index is -3.54. The van der Waals surface area contributed by atoms with Gasteiger partial charge in [0.15, 0.2) is 0 Å². The molecule has 2 aromatic rings. The Kier molecular flexibility index (Phi) is 6.33. The molecular formula is C18H22BrN3O4S. The molecule has 1 aromatic carbocycles. The lowest BCUT2D eigenvalue weighted by molar-refractivity contribution is -0.119. The van der Waals surface area contributed by atoms with Crippen molar-refractivity contribution in [3.8, 4) is 5.69 Å². The van der Waals surface area contributed by atoms with Gasteiger partial charge in [-0.1, -0.05) is 15.9 Å². The van der Waals surface area contributed by atoms with Crippen molar-refractivity contribution in [1.29, 1.82) is 0 Å². The molecule has 9 heteroatoms. The summed E-state index contributed by atoms with van der Waals surface area (Å²) in [5.41, 5.74) is 2.86. The van der Waals surface area contributed by atoms with E-state index < -0.39 is 15.9 Å². The average Bonchev–Trinajstić information content (AvgIpc) is 3.04. The predicted octanol–water partition coefficient (Wildman–Crippen LogP) is 2.54. The van der Waals surface area contributed by atoms with Crippen LogP contribution in [0.5, 0.6) is 0 Å². The fourth-order valence-electron chi connectivity index (χ4n) is 3.16. The zero-order valence-electron chi connectivity index (χ0n) is 15.0. The zero-order chi connectivity index (χ0) is 19.4. The molecule has 1 aromatic heterocycles. The number of nitrogens with zero attached hydrogens (tertiary/aromatic N) is 2. The van der Waals surface area contributed by atoms with Gasteiger partial charge in [-0.05, 0) is 49.1 Å². The minimum absolute atomic E-state index is 0.0926. The highest BCUT2D eigenvalue weighted by Gasteiger charge is 2.23. The number of amides is 1. The van der Waals surface area contributed by atoms with E-state index in [1.165, 1.54) is 0 Å². The number of halogens is 1. The fourth-order valence-corrected chi connectivity index (χ4v) is 3.94. The lowest BCUT2D eigenvalue weighted by Gasteiger charge is -2.21. The molecule has 1 amide bonds. The van der Waals surface area contributed by atoms with Crippen LogP contribution in [0.1, 0.15) is 36.4 Å². The Labute approximate surface area is 167 Å². The van der Waals surface area contributed by atoms with Gasteiger partial charge >= 0.3 is 0 Å². The molecule has 0 atom stereocenters. The van der Waals surface area contributed by atoms with Gasteiger partial charge in [0.1, 0.15) is 0 Å². The Bertz CT molecular complexity index is 903. The predicted molar refractivity (Wildman–Crippen MR) is 105 cm³/mol. The third kappa shape index (κ3) is 5.63. The topological polar surface area (TPSA) is 90.3 Å². The Morgan fingerprint density at radius 3 is 2.59 bits per heavy atom. The molecule has 0 spiro atoms. The number of hydrogen-bond acceptors (Lipinski definition) is 5. The van der Waals surface area contributed by atoms with Crippen molar-refractivity contribution in [1.82, 2.24) is 14.5 Å². The normalized spacial score (nSPS) is 15.6. The van der Waals surface area contributed by atoms with E-state index in [4.69, 9.17) is 9.84 Å². The second kappa shape index (κ2) is 8.53. The number of sulfonamides is 1. The summed E-state index contributed by atoms with van der Waals surface area (Å²) in [7, 11) is -3.54. The molecule has 1 aliphatic rings. The summed E-state index contributed by atoms with van der Waals surface area (Å²) in [6, 6.07) is 7.82. The molecule has 1 aliphatic heterocycles. The average molecular weight is 456 g/mol. The molecular weight excluding hydrogens is 434 g/mol. The Balaban J connectivity index is 1.83. The molecule has 0 radical (unpaired) electrons. The molecule has 1 N–H and O–H groups in total. The highest BCUT2D eigenvalue weighted by atomic mass is 79.9. The van der Waals surface area contributed by atoms with Crippen LogP contribution in [0.25, 0.3) is 5.69 Å². The summed E-state index contributed by atoms with van der Waals surface area (Å²) >= 11 is 3.43. The first-order valence-corrected chi connectivity index (χ1v) is 11.4. The number of ether oxygens (including phenoxy) is 1. The van der Waals surface area contributed by atoms with Gasteiger partial charge < -0.3 is 4.74 Å². The molecule has 7 nitrogen and oxygen atoms in total. The quantitative estimate of drug-likeness (QED) is 0.722. The van der Waals surface area contributed by atoms with Crippen LogP contribution in [0.3, 0.4) is 0 Å². The van der Waals surface area contributed by atoms with E-state index in [2.05, 4.69) is 15.9 Å². The summed E-state index contributed by atoms with van der Waals surface area (Å²) in [5.74, 6) is -0.227. The monoisotopic (exact) mass is 455 g/mol. The molecule has 0 saturated carbocycles.